The molecule has 0 amide bonds. The number of hydrogen-bond acceptors (Lipinski definition) is 2. The third-order valence-corrected chi connectivity index (χ3v) is 3.22. The fourth-order valence-corrected chi connectivity index (χ4v) is 1.82. The van der Waals surface area contributed by atoms with Gasteiger partial charge in [-0.1, -0.05) is 63.0 Å². The van der Waals surface area contributed by atoms with E-state index in [1.807, 2.05) is 48.5 Å². The molecule has 0 aliphatic carbocycles. The second kappa shape index (κ2) is 6.57. The van der Waals surface area contributed by atoms with E-state index in [2.05, 4.69) is 21.1 Å². The summed E-state index contributed by atoms with van der Waals surface area (Å²) in [5.41, 5.74) is 1.91. The van der Waals surface area contributed by atoms with Crippen LogP contribution in [0.25, 0.3) is 0 Å². The lowest BCUT2D eigenvalue weighted by atomic mass is 10.2. The second-order valence-corrected chi connectivity index (χ2v) is 4.97. The molecule has 0 saturated heterocycles. The number of nitrogens with zero attached hydrogens (tertiary/aromatic N) is 1. The van der Waals surface area contributed by atoms with Gasteiger partial charge in [0.15, 0.2) is 0 Å². The van der Waals surface area contributed by atoms with Crippen LogP contribution in [0.4, 0.5) is 0 Å². The van der Waals surface area contributed by atoms with Crippen LogP contribution in [0.2, 0.25) is 5.02 Å². The van der Waals surface area contributed by atoms with E-state index in [0.717, 1.165) is 15.6 Å². The highest BCUT2D eigenvalue weighted by atomic mass is 79.9. The van der Waals surface area contributed by atoms with E-state index >= 15 is 0 Å². The maximum atomic E-state index is 6.00. The molecule has 0 bridgehead atoms. The van der Waals surface area contributed by atoms with E-state index in [9.17, 15) is 0 Å². The fourth-order valence-electron chi connectivity index (χ4n) is 1.37. The molecule has 0 unspecified atom stereocenters. The zero-order chi connectivity index (χ0) is 12.8. The smallest absolute Gasteiger partial charge is 0.143 e. The van der Waals surface area contributed by atoms with E-state index in [1.165, 1.54) is 0 Å². The van der Waals surface area contributed by atoms with Crippen molar-refractivity contribution in [2.75, 3.05) is 0 Å². The molecule has 0 fully saturated rings. The molecule has 0 heterocycles. The summed E-state index contributed by atoms with van der Waals surface area (Å²) in [5.74, 6) is 0. The van der Waals surface area contributed by atoms with Crippen molar-refractivity contribution >= 4 is 33.7 Å². The van der Waals surface area contributed by atoms with Gasteiger partial charge in [-0.3, -0.25) is 0 Å². The van der Waals surface area contributed by atoms with Gasteiger partial charge < -0.3 is 4.84 Å². The predicted molar refractivity (Wildman–Crippen MR) is 78.0 cm³/mol. The predicted octanol–water partition coefficient (Wildman–Crippen LogP) is 4.65. The summed E-state index contributed by atoms with van der Waals surface area (Å²) in [4.78, 5) is 5.21. The Labute approximate surface area is 119 Å². The van der Waals surface area contributed by atoms with Gasteiger partial charge in [-0.15, -0.1) is 0 Å². The van der Waals surface area contributed by atoms with E-state index in [0.29, 0.717) is 11.6 Å². The lowest BCUT2D eigenvalue weighted by Gasteiger charge is -2.01. The molecule has 0 aliphatic heterocycles. The van der Waals surface area contributed by atoms with Crippen molar-refractivity contribution in [2.24, 2.45) is 5.16 Å². The quantitative estimate of drug-likeness (QED) is 0.592. The number of benzene rings is 2. The third-order valence-electron chi connectivity index (χ3n) is 2.32. The van der Waals surface area contributed by atoms with Crippen molar-refractivity contribution in [3.05, 3.63) is 69.2 Å². The highest BCUT2D eigenvalue weighted by Crippen LogP contribution is 2.15. The summed E-state index contributed by atoms with van der Waals surface area (Å²) in [6.07, 6.45) is 1.67. The number of halogens is 2. The molecule has 2 nitrogen and oxygen atoms in total. The molecular formula is C14H11BrClNO. The first-order chi connectivity index (χ1) is 8.75. The van der Waals surface area contributed by atoms with Crippen molar-refractivity contribution in [2.45, 2.75) is 6.61 Å². The Kier molecular flexibility index (Phi) is 4.79. The average Bonchev–Trinajstić information content (AvgIpc) is 2.39. The summed E-state index contributed by atoms with van der Waals surface area (Å²) in [6, 6.07) is 15.4. The van der Waals surface area contributed by atoms with E-state index in [4.69, 9.17) is 16.4 Å². The van der Waals surface area contributed by atoms with Crippen LogP contribution >= 0.6 is 27.5 Å². The van der Waals surface area contributed by atoms with Crippen LogP contribution in [-0.2, 0) is 11.4 Å². The van der Waals surface area contributed by atoms with Crippen LogP contribution < -0.4 is 0 Å². The Balaban J connectivity index is 1.89. The maximum Gasteiger partial charge on any atom is 0.143 e. The molecular weight excluding hydrogens is 314 g/mol. The van der Waals surface area contributed by atoms with Gasteiger partial charge in [-0.25, -0.2) is 0 Å². The zero-order valence-electron chi connectivity index (χ0n) is 9.51. The first-order valence-corrected chi connectivity index (χ1v) is 6.57. The van der Waals surface area contributed by atoms with Crippen molar-refractivity contribution < 1.29 is 4.84 Å². The van der Waals surface area contributed by atoms with Crippen molar-refractivity contribution in [3.8, 4) is 0 Å². The molecule has 0 atom stereocenters. The largest absolute Gasteiger partial charge is 0.391 e. The zero-order valence-corrected chi connectivity index (χ0v) is 11.9. The minimum Gasteiger partial charge on any atom is -0.391 e. The Morgan fingerprint density at radius 3 is 2.56 bits per heavy atom. The summed E-state index contributed by atoms with van der Waals surface area (Å²) < 4.78 is 1.04. The lowest BCUT2D eigenvalue weighted by molar-refractivity contribution is 0.132. The molecule has 0 N–H and O–H groups in total. The highest BCUT2D eigenvalue weighted by Gasteiger charge is 1.97. The number of oxime groups is 1. The Hall–Kier alpha value is -1.32. The van der Waals surface area contributed by atoms with E-state index in [-0.39, 0.29) is 0 Å². The highest BCUT2D eigenvalue weighted by molar-refractivity contribution is 9.10. The van der Waals surface area contributed by atoms with Gasteiger partial charge in [0.1, 0.15) is 6.61 Å². The van der Waals surface area contributed by atoms with Crippen LogP contribution in [0, 0.1) is 0 Å². The van der Waals surface area contributed by atoms with Crippen LogP contribution in [0.15, 0.2) is 58.2 Å². The van der Waals surface area contributed by atoms with E-state index in [1.54, 1.807) is 6.21 Å². The fraction of sp³-hybridized carbons (Fsp3) is 0.0714. The standard InChI is InChI=1S/C14H11BrClNO/c15-13-7-5-11(6-8-13)9-17-18-10-12-3-1-2-4-14(12)16/h1-9H,10H2. The van der Waals surface area contributed by atoms with Crippen LogP contribution in [-0.4, -0.2) is 6.21 Å². The minimum atomic E-state index is 0.368. The van der Waals surface area contributed by atoms with E-state index < -0.39 is 0 Å². The van der Waals surface area contributed by atoms with Crippen molar-refractivity contribution in [3.63, 3.8) is 0 Å². The molecule has 4 heteroatoms. The van der Waals surface area contributed by atoms with Gasteiger partial charge in [0.25, 0.3) is 0 Å². The SMILES string of the molecule is Clc1ccccc1CON=Cc1ccc(Br)cc1. The van der Waals surface area contributed by atoms with Crippen LogP contribution in [0.1, 0.15) is 11.1 Å². The average molecular weight is 325 g/mol. The summed E-state index contributed by atoms with van der Waals surface area (Å²) in [6.45, 7) is 0.368. The molecule has 0 radical (unpaired) electrons. The summed E-state index contributed by atoms with van der Waals surface area (Å²) >= 11 is 9.38. The number of rotatable bonds is 4. The molecule has 0 aliphatic rings. The second-order valence-electron chi connectivity index (χ2n) is 3.65. The normalized spacial score (nSPS) is 10.8. The van der Waals surface area contributed by atoms with Gasteiger partial charge in [-0.05, 0) is 23.8 Å². The molecule has 2 rings (SSSR count). The number of hydrogen-bond donors (Lipinski definition) is 0. The van der Waals surface area contributed by atoms with Crippen molar-refractivity contribution in [1.82, 2.24) is 0 Å². The molecule has 0 saturated carbocycles. The molecule has 2 aromatic carbocycles. The summed E-state index contributed by atoms with van der Waals surface area (Å²) in [5, 5.41) is 4.60. The third kappa shape index (κ3) is 3.86. The van der Waals surface area contributed by atoms with Gasteiger partial charge in [0.2, 0.25) is 0 Å². The maximum absolute atomic E-state index is 6.00. The van der Waals surface area contributed by atoms with Gasteiger partial charge >= 0.3 is 0 Å². The topological polar surface area (TPSA) is 21.6 Å². The van der Waals surface area contributed by atoms with Crippen LogP contribution in [0.5, 0.6) is 0 Å². The molecule has 18 heavy (non-hydrogen) atoms. The lowest BCUT2D eigenvalue weighted by Crippen LogP contribution is -1.89. The van der Waals surface area contributed by atoms with Gasteiger partial charge in [0, 0.05) is 15.1 Å². The van der Waals surface area contributed by atoms with Crippen LogP contribution in [0.3, 0.4) is 0 Å². The minimum absolute atomic E-state index is 0.368. The molecule has 2 aromatic rings. The first kappa shape index (κ1) is 13.1. The Bertz CT molecular complexity index is 540. The molecule has 0 spiro atoms. The van der Waals surface area contributed by atoms with Gasteiger partial charge in [0.05, 0.1) is 6.21 Å². The first-order valence-electron chi connectivity index (χ1n) is 5.40. The van der Waals surface area contributed by atoms with Crippen molar-refractivity contribution in [1.29, 1.82) is 0 Å². The van der Waals surface area contributed by atoms with Gasteiger partial charge in [-0.2, -0.15) is 0 Å². The molecule has 92 valence electrons. The monoisotopic (exact) mass is 323 g/mol. The summed E-state index contributed by atoms with van der Waals surface area (Å²) in [7, 11) is 0. The molecule has 0 aromatic heterocycles. The Morgan fingerprint density at radius 1 is 1.11 bits per heavy atom. The Morgan fingerprint density at radius 2 is 1.83 bits per heavy atom.